The van der Waals surface area contributed by atoms with Crippen LogP contribution in [0.3, 0.4) is 0 Å². The molecule has 0 aliphatic heterocycles. The Morgan fingerprint density at radius 2 is 2.00 bits per heavy atom. The first-order chi connectivity index (χ1) is 10.5. The Hall–Kier alpha value is -3.03. The zero-order valence-electron chi connectivity index (χ0n) is 12.3. The van der Waals surface area contributed by atoms with Gasteiger partial charge in [0.15, 0.2) is 0 Å². The lowest BCUT2D eigenvalue weighted by molar-refractivity contribution is -0.384. The average Bonchev–Trinajstić information content (AvgIpc) is 2.90. The van der Waals surface area contributed by atoms with Crippen molar-refractivity contribution < 1.29 is 19.2 Å². The Kier molecular flexibility index (Phi) is 4.31. The number of nitrogens with one attached hydrogen (secondary N) is 1. The van der Waals surface area contributed by atoms with Crippen molar-refractivity contribution in [3.63, 3.8) is 0 Å². The molecule has 22 heavy (non-hydrogen) atoms. The molecule has 0 fully saturated rings. The smallest absolute Gasteiger partial charge is 0.287 e. The normalized spacial score (nSPS) is 10.1. The van der Waals surface area contributed by atoms with Gasteiger partial charge in [0.25, 0.3) is 11.6 Å². The number of carbonyl (C=O) groups is 1. The Bertz CT molecular complexity index is 723. The quantitative estimate of drug-likeness (QED) is 0.675. The SMILES string of the molecule is COc1ccc(NC(=O)c2cc([N+](=O)[O-])cn2C)c(OC)c1. The highest BCUT2D eigenvalue weighted by Gasteiger charge is 2.18. The second kappa shape index (κ2) is 6.17. The molecule has 0 spiro atoms. The van der Waals surface area contributed by atoms with E-state index in [4.69, 9.17) is 9.47 Å². The fourth-order valence-corrected chi connectivity index (χ4v) is 1.96. The summed E-state index contributed by atoms with van der Waals surface area (Å²) >= 11 is 0. The fraction of sp³-hybridized carbons (Fsp3) is 0.214. The van der Waals surface area contributed by atoms with Crippen LogP contribution in [0.4, 0.5) is 11.4 Å². The van der Waals surface area contributed by atoms with Gasteiger partial charge in [-0.2, -0.15) is 0 Å². The molecular formula is C14H15N3O5. The van der Waals surface area contributed by atoms with Crippen molar-refractivity contribution in [2.24, 2.45) is 7.05 Å². The van der Waals surface area contributed by atoms with Gasteiger partial charge in [-0.05, 0) is 12.1 Å². The molecule has 0 aliphatic carbocycles. The number of ether oxygens (including phenoxy) is 2. The molecule has 116 valence electrons. The van der Waals surface area contributed by atoms with E-state index >= 15 is 0 Å². The number of carbonyl (C=O) groups excluding carboxylic acids is 1. The maximum Gasteiger partial charge on any atom is 0.287 e. The molecule has 1 aromatic carbocycles. The molecule has 8 heteroatoms. The van der Waals surface area contributed by atoms with Crippen molar-refractivity contribution in [3.05, 3.63) is 46.3 Å². The molecule has 0 saturated heterocycles. The van der Waals surface area contributed by atoms with Crippen LogP contribution in [0.1, 0.15) is 10.5 Å². The van der Waals surface area contributed by atoms with Gasteiger partial charge in [-0.3, -0.25) is 14.9 Å². The molecule has 1 N–H and O–H groups in total. The minimum absolute atomic E-state index is 0.144. The average molecular weight is 305 g/mol. The summed E-state index contributed by atoms with van der Waals surface area (Å²) in [6.45, 7) is 0. The van der Waals surface area contributed by atoms with Crippen LogP contribution < -0.4 is 14.8 Å². The number of anilines is 1. The number of aryl methyl sites for hydroxylation is 1. The van der Waals surface area contributed by atoms with Crippen molar-refractivity contribution in [2.45, 2.75) is 0 Å². The zero-order valence-corrected chi connectivity index (χ0v) is 12.3. The number of nitro groups is 1. The molecule has 0 radical (unpaired) electrons. The molecule has 1 aromatic heterocycles. The van der Waals surface area contributed by atoms with E-state index in [1.165, 1.54) is 31.0 Å². The van der Waals surface area contributed by atoms with Crippen molar-refractivity contribution in [2.75, 3.05) is 19.5 Å². The molecule has 1 amide bonds. The predicted molar refractivity (Wildman–Crippen MR) is 79.6 cm³/mol. The largest absolute Gasteiger partial charge is 0.497 e. The molecular weight excluding hydrogens is 290 g/mol. The summed E-state index contributed by atoms with van der Waals surface area (Å²) in [6, 6.07) is 6.15. The van der Waals surface area contributed by atoms with Crippen molar-refractivity contribution in [3.8, 4) is 11.5 Å². The fourth-order valence-electron chi connectivity index (χ4n) is 1.96. The second-order valence-electron chi connectivity index (χ2n) is 4.47. The Morgan fingerprint density at radius 1 is 1.27 bits per heavy atom. The minimum Gasteiger partial charge on any atom is -0.497 e. The summed E-state index contributed by atoms with van der Waals surface area (Å²) in [5.41, 5.74) is 0.469. The third kappa shape index (κ3) is 3.00. The van der Waals surface area contributed by atoms with Crippen LogP contribution in [0.25, 0.3) is 0 Å². The molecule has 0 saturated carbocycles. The summed E-state index contributed by atoms with van der Waals surface area (Å²) in [6.07, 6.45) is 1.28. The Balaban J connectivity index is 2.27. The first-order valence-corrected chi connectivity index (χ1v) is 6.30. The van der Waals surface area contributed by atoms with Gasteiger partial charge in [0.05, 0.1) is 31.0 Å². The number of nitrogens with zero attached hydrogens (tertiary/aromatic N) is 2. The molecule has 8 nitrogen and oxygen atoms in total. The van der Waals surface area contributed by atoms with E-state index in [1.807, 2.05) is 0 Å². The van der Waals surface area contributed by atoms with Crippen LogP contribution in [0.5, 0.6) is 11.5 Å². The van der Waals surface area contributed by atoms with Crippen LogP contribution in [0.15, 0.2) is 30.5 Å². The third-order valence-electron chi connectivity index (χ3n) is 3.09. The lowest BCUT2D eigenvalue weighted by Crippen LogP contribution is -2.15. The van der Waals surface area contributed by atoms with Crippen LogP contribution in [0, 0.1) is 10.1 Å². The molecule has 2 rings (SSSR count). The molecule has 0 bridgehead atoms. The number of amides is 1. The highest BCUT2D eigenvalue weighted by atomic mass is 16.6. The monoisotopic (exact) mass is 305 g/mol. The first kappa shape index (κ1) is 15.4. The number of methoxy groups -OCH3 is 2. The Morgan fingerprint density at radius 3 is 2.55 bits per heavy atom. The molecule has 0 aliphatic rings. The van der Waals surface area contributed by atoms with Gasteiger partial charge >= 0.3 is 0 Å². The summed E-state index contributed by atoms with van der Waals surface area (Å²) in [5, 5.41) is 13.4. The second-order valence-corrected chi connectivity index (χ2v) is 4.47. The summed E-state index contributed by atoms with van der Waals surface area (Å²) in [4.78, 5) is 22.4. The highest BCUT2D eigenvalue weighted by Crippen LogP contribution is 2.29. The van der Waals surface area contributed by atoms with E-state index in [0.29, 0.717) is 17.2 Å². The zero-order chi connectivity index (χ0) is 16.3. The van der Waals surface area contributed by atoms with Gasteiger partial charge in [0, 0.05) is 19.2 Å². The van der Waals surface area contributed by atoms with Crippen molar-refractivity contribution >= 4 is 17.3 Å². The van der Waals surface area contributed by atoms with Crippen molar-refractivity contribution in [1.29, 1.82) is 0 Å². The summed E-state index contributed by atoms with van der Waals surface area (Å²) in [5.74, 6) is 0.542. The number of hydrogen-bond acceptors (Lipinski definition) is 5. The summed E-state index contributed by atoms with van der Waals surface area (Å²) < 4.78 is 11.7. The lowest BCUT2D eigenvalue weighted by atomic mass is 10.2. The maximum absolute atomic E-state index is 12.3. The number of rotatable bonds is 5. The van der Waals surface area contributed by atoms with E-state index in [2.05, 4.69) is 5.32 Å². The molecule has 2 aromatic rings. The van der Waals surface area contributed by atoms with E-state index in [9.17, 15) is 14.9 Å². The highest BCUT2D eigenvalue weighted by molar-refractivity contribution is 6.04. The van der Waals surface area contributed by atoms with Crippen LogP contribution in [-0.2, 0) is 7.05 Å². The van der Waals surface area contributed by atoms with E-state index in [-0.39, 0.29) is 11.4 Å². The molecule has 1 heterocycles. The van der Waals surface area contributed by atoms with Crippen LogP contribution >= 0.6 is 0 Å². The van der Waals surface area contributed by atoms with E-state index < -0.39 is 10.8 Å². The first-order valence-electron chi connectivity index (χ1n) is 6.30. The topological polar surface area (TPSA) is 95.6 Å². The van der Waals surface area contributed by atoms with Crippen LogP contribution in [-0.4, -0.2) is 29.6 Å². The van der Waals surface area contributed by atoms with Gasteiger partial charge in [0.2, 0.25) is 0 Å². The van der Waals surface area contributed by atoms with Gasteiger partial charge in [0.1, 0.15) is 17.2 Å². The standard InChI is InChI=1S/C14H15N3O5/c1-16-8-9(17(19)20)6-12(16)14(18)15-11-5-4-10(21-2)7-13(11)22-3/h4-8H,1-3H3,(H,15,18). The number of aromatic nitrogens is 1. The summed E-state index contributed by atoms with van der Waals surface area (Å²) in [7, 11) is 4.56. The molecule has 0 atom stereocenters. The Labute approximate surface area is 126 Å². The third-order valence-corrected chi connectivity index (χ3v) is 3.09. The number of hydrogen-bond donors (Lipinski definition) is 1. The maximum atomic E-state index is 12.3. The minimum atomic E-state index is -0.551. The molecule has 0 unspecified atom stereocenters. The number of benzene rings is 1. The lowest BCUT2D eigenvalue weighted by Gasteiger charge is -2.11. The van der Waals surface area contributed by atoms with Crippen molar-refractivity contribution in [1.82, 2.24) is 4.57 Å². The van der Waals surface area contributed by atoms with Gasteiger partial charge in [-0.15, -0.1) is 0 Å². The van der Waals surface area contributed by atoms with Crippen LogP contribution in [0.2, 0.25) is 0 Å². The van der Waals surface area contributed by atoms with E-state index in [1.54, 1.807) is 25.2 Å². The predicted octanol–water partition coefficient (Wildman–Crippen LogP) is 2.20. The van der Waals surface area contributed by atoms with Gasteiger partial charge in [-0.1, -0.05) is 0 Å². The van der Waals surface area contributed by atoms with Gasteiger partial charge in [-0.25, -0.2) is 0 Å². The van der Waals surface area contributed by atoms with Gasteiger partial charge < -0.3 is 19.4 Å². The van der Waals surface area contributed by atoms with E-state index in [0.717, 1.165) is 0 Å².